The summed E-state index contributed by atoms with van der Waals surface area (Å²) in [6.07, 6.45) is 0. The molecule has 0 aliphatic heterocycles. The summed E-state index contributed by atoms with van der Waals surface area (Å²) >= 11 is 0. The molecule has 0 unspecified atom stereocenters. The number of nitrogens with two attached hydrogens (primary N) is 1. The lowest BCUT2D eigenvalue weighted by Crippen LogP contribution is -2.03. The molecule has 4 N–H and O–H groups in total. The summed E-state index contributed by atoms with van der Waals surface area (Å²) in [6, 6.07) is 7.04. The Hall–Kier alpha value is -2.63. The molecule has 0 saturated heterocycles. The van der Waals surface area contributed by atoms with E-state index < -0.39 is 17.6 Å². The summed E-state index contributed by atoms with van der Waals surface area (Å²) in [5.41, 5.74) is 5.86. The zero-order valence-corrected chi connectivity index (χ0v) is 9.65. The number of carbonyl (C=O) groups is 1. The maximum Gasteiger partial charge on any atom is 0.337 e. The monoisotopic (exact) mass is 264 g/mol. The molecule has 0 aliphatic rings. The van der Waals surface area contributed by atoms with Crippen molar-refractivity contribution in [1.82, 2.24) is 0 Å². The summed E-state index contributed by atoms with van der Waals surface area (Å²) < 4.78 is 26.4. The lowest BCUT2D eigenvalue weighted by atomic mass is 10.1. The van der Waals surface area contributed by atoms with E-state index in [1.807, 2.05) is 0 Å². The van der Waals surface area contributed by atoms with Gasteiger partial charge in [0.25, 0.3) is 0 Å². The minimum absolute atomic E-state index is 0.0364. The van der Waals surface area contributed by atoms with Crippen molar-refractivity contribution in [3.63, 3.8) is 0 Å². The van der Waals surface area contributed by atoms with Crippen molar-refractivity contribution in [2.45, 2.75) is 0 Å². The van der Waals surface area contributed by atoms with E-state index in [0.29, 0.717) is 5.69 Å². The number of rotatable bonds is 3. The number of aromatic carboxylic acids is 1. The van der Waals surface area contributed by atoms with Gasteiger partial charge in [-0.25, -0.2) is 13.6 Å². The van der Waals surface area contributed by atoms with E-state index in [1.54, 1.807) is 0 Å². The van der Waals surface area contributed by atoms with Crippen LogP contribution in [0, 0.1) is 11.6 Å². The molecular formula is C13H10F2N2O2. The highest BCUT2D eigenvalue weighted by Gasteiger charge is 2.09. The molecule has 6 heteroatoms. The van der Waals surface area contributed by atoms with Crippen LogP contribution in [0.3, 0.4) is 0 Å². The first-order chi connectivity index (χ1) is 8.97. The Morgan fingerprint density at radius 3 is 2.53 bits per heavy atom. The first-order valence-electron chi connectivity index (χ1n) is 5.32. The lowest BCUT2D eigenvalue weighted by Gasteiger charge is -2.09. The summed E-state index contributed by atoms with van der Waals surface area (Å²) in [5, 5.41) is 11.4. The second-order valence-corrected chi connectivity index (χ2v) is 3.86. The third-order valence-electron chi connectivity index (χ3n) is 2.49. The average Bonchev–Trinajstić information content (AvgIpc) is 2.33. The zero-order valence-electron chi connectivity index (χ0n) is 9.65. The number of benzene rings is 2. The molecule has 0 aliphatic carbocycles. The van der Waals surface area contributed by atoms with Crippen molar-refractivity contribution in [2.75, 3.05) is 11.1 Å². The third-order valence-corrected chi connectivity index (χ3v) is 2.49. The highest BCUT2D eigenvalue weighted by Crippen LogP contribution is 2.24. The number of hydrogen-bond acceptors (Lipinski definition) is 3. The van der Waals surface area contributed by atoms with E-state index in [4.69, 9.17) is 10.8 Å². The fourth-order valence-corrected chi connectivity index (χ4v) is 1.58. The number of carboxylic acids is 1. The second-order valence-electron chi connectivity index (χ2n) is 3.86. The van der Waals surface area contributed by atoms with E-state index in [2.05, 4.69) is 5.32 Å². The molecule has 0 fully saturated rings. The lowest BCUT2D eigenvalue weighted by molar-refractivity contribution is 0.0698. The summed E-state index contributed by atoms with van der Waals surface area (Å²) in [5.74, 6) is -2.36. The van der Waals surface area contributed by atoms with Gasteiger partial charge in [0.2, 0.25) is 0 Å². The van der Waals surface area contributed by atoms with Gasteiger partial charge >= 0.3 is 5.97 Å². The normalized spacial score (nSPS) is 10.2. The Morgan fingerprint density at radius 1 is 1.16 bits per heavy atom. The van der Waals surface area contributed by atoms with Crippen LogP contribution < -0.4 is 11.1 Å². The van der Waals surface area contributed by atoms with Crippen LogP contribution in [0.1, 0.15) is 10.4 Å². The number of anilines is 3. The first-order valence-corrected chi connectivity index (χ1v) is 5.32. The third kappa shape index (κ3) is 2.79. The molecule has 0 heterocycles. The van der Waals surface area contributed by atoms with Crippen molar-refractivity contribution in [1.29, 1.82) is 0 Å². The fourth-order valence-electron chi connectivity index (χ4n) is 1.58. The second kappa shape index (κ2) is 4.93. The molecule has 0 radical (unpaired) electrons. The zero-order chi connectivity index (χ0) is 14.0. The number of carboxylic acid groups (broad SMARTS) is 1. The highest BCUT2D eigenvalue weighted by molar-refractivity contribution is 5.94. The molecule has 0 aromatic heterocycles. The molecule has 0 bridgehead atoms. The minimum atomic E-state index is -1.15. The molecular weight excluding hydrogens is 254 g/mol. The van der Waals surface area contributed by atoms with Crippen LogP contribution in [0.4, 0.5) is 25.8 Å². The topological polar surface area (TPSA) is 75.3 Å². The van der Waals surface area contributed by atoms with Gasteiger partial charge in [0, 0.05) is 17.4 Å². The Bertz CT molecular complexity index is 645. The molecule has 0 atom stereocenters. The van der Waals surface area contributed by atoms with Gasteiger partial charge in [-0.05, 0) is 30.3 Å². The molecule has 0 saturated carbocycles. The van der Waals surface area contributed by atoms with Gasteiger partial charge in [0.15, 0.2) is 0 Å². The maximum atomic E-state index is 13.4. The largest absolute Gasteiger partial charge is 0.478 e. The van der Waals surface area contributed by atoms with Crippen LogP contribution in [0.2, 0.25) is 0 Å². The number of nitrogen functional groups attached to an aromatic ring is 1. The molecule has 0 amide bonds. The number of hydrogen-bond donors (Lipinski definition) is 3. The Labute approximate surface area is 107 Å². The van der Waals surface area contributed by atoms with Crippen molar-refractivity contribution in [3.05, 3.63) is 53.6 Å². The summed E-state index contributed by atoms with van der Waals surface area (Å²) in [7, 11) is 0. The Kier molecular flexibility index (Phi) is 3.33. The van der Waals surface area contributed by atoms with Crippen LogP contribution in [-0.4, -0.2) is 11.1 Å². The summed E-state index contributed by atoms with van der Waals surface area (Å²) in [6.45, 7) is 0. The van der Waals surface area contributed by atoms with Gasteiger partial charge in [-0.2, -0.15) is 0 Å². The van der Waals surface area contributed by atoms with E-state index in [0.717, 1.165) is 18.2 Å². The molecule has 19 heavy (non-hydrogen) atoms. The van der Waals surface area contributed by atoms with Crippen LogP contribution >= 0.6 is 0 Å². The van der Waals surface area contributed by atoms with E-state index >= 15 is 0 Å². The maximum absolute atomic E-state index is 13.4. The van der Waals surface area contributed by atoms with Crippen LogP contribution in [0.5, 0.6) is 0 Å². The number of nitrogens with one attached hydrogen (secondary N) is 1. The van der Waals surface area contributed by atoms with Gasteiger partial charge in [-0.3, -0.25) is 0 Å². The molecule has 98 valence electrons. The Morgan fingerprint density at radius 2 is 1.89 bits per heavy atom. The van der Waals surface area contributed by atoms with Gasteiger partial charge in [0.05, 0.1) is 11.3 Å². The highest BCUT2D eigenvalue weighted by atomic mass is 19.1. The van der Waals surface area contributed by atoms with E-state index in [9.17, 15) is 13.6 Å². The van der Waals surface area contributed by atoms with Crippen molar-refractivity contribution >= 4 is 23.0 Å². The van der Waals surface area contributed by atoms with E-state index in [-0.39, 0.29) is 16.9 Å². The van der Waals surface area contributed by atoms with Gasteiger partial charge in [0.1, 0.15) is 11.6 Å². The fraction of sp³-hybridized carbons (Fsp3) is 0. The minimum Gasteiger partial charge on any atom is -0.478 e. The predicted octanol–water partition coefficient (Wildman–Crippen LogP) is 2.99. The van der Waals surface area contributed by atoms with Crippen molar-refractivity contribution < 1.29 is 18.7 Å². The van der Waals surface area contributed by atoms with Crippen molar-refractivity contribution in [2.24, 2.45) is 0 Å². The van der Waals surface area contributed by atoms with Crippen LogP contribution in [-0.2, 0) is 0 Å². The van der Waals surface area contributed by atoms with Gasteiger partial charge in [-0.1, -0.05) is 0 Å². The Balaban J connectivity index is 2.31. The standard InChI is InChI=1S/C13H10F2N2O2/c14-7-1-4-10(15)12(5-7)17-8-2-3-9(13(18)19)11(16)6-8/h1-6,17H,16H2,(H,18,19). The van der Waals surface area contributed by atoms with Crippen molar-refractivity contribution in [3.8, 4) is 0 Å². The van der Waals surface area contributed by atoms with Gasteiger partial charge < -0.3 is 16.2 Å². The molecule has 4 nitrogen and oxygen atoms in total. The predicted molar refractivity (Wildman–Crippen MR) is 67.5 cm³/mol. The molecule has 2 aromatic rings. The van der Waals surface area contributed by atoms with Gasteiger partial charge in [-0.15, -0.1) is 0 Å². The smallest absolute Gasteiger partial charge is 0.337 e. The van der Waals surface area contributed by atoms with E-state index in [1.165, 1.54) is 18.2 Å². The number of halogens is 2. The molecule has 2 aromatic carbocycles. The van der Waals surface area contributed by atoms with Crippen LogP contribution in [0.25, 0.3) is 0 Å². The molecule has 2 rings (SSSR count). The summed E-state index contributed by atoms with van der Waals surface area (Å²) in [4.78, 5) is 10.8. The SMILES string of the molecule is Nc1cc(Nc2cc(F)ccc2F)ccc1C(=O)O. The average molecular weight is 264 g/mol. The first kappa shape index (κ1) is 12.8. The molecule has 0 spiro atoms. The van der Waals surface area contributed by atoms with Crippen LogP contribution in [0.15, 0.2) is 36.4 Å². The quantitative estimate of drug-likeness (QED) is 0.745.